The monoisotopic (exact) mass is 259 g/mol. The van der Waals surface area contributed by atoms with Crippen molar-refractivity contribution in [2.24, 2.45) is 5.92 Å². The van der Waals surface area contributed by atoms with Gasteiger partial charge in [0.1, 0.15) is 5.69 Å². The molecule has 0 N–H and O–H groups in total. The number of pyridine rings is 1. The summed E-state index contributed by atoms with van der Waals surface area (Å²) in [5, 5.41) is 0. The lowest BCUT2D eigenvalue weighted by Crippen LogP contribution is -2.47. The lowest BCUT2D eigenvalue weighted by Gasteiger charge is -2.36. The molecular formula is C15H21N3O. The van der Waals surface area contributed by atoms with Crippen LogP contribution in [-0.4, -0.2) is 53.4 Å². The molecule has 3 fully saturated rings. The molecule has 0 spiro atoms. The number of piperidine rings is 1. The third kappa shape index (κ3) is 2.50. The Kier molecular flexibility index (Phi) is 3.27. The summed E-state index contributed by atoms with van der Waals surface area (Å²) in [5.74, 6) is 0.728. The molecule has 4 nitrogen and oxygen atoms in total. The Morgan fingerprint density at radius 2 is 2.11 bits per heavy atom. The number of rotatable bonds is 1. The second kappa shape index (κ2) is 4.93. The van der Waals surface area contributed by atoms with Gasteiger partial charge >= 0.3 is 0 Å². The van der Waals surface area contributed by atoms with Crippen molar-refractivity contribution in [3.05, 3.63) is 29.6 Å². The number of carbonyl (C=O) groups excluding carboxylic acids is 1. The van der Waals surface area contributed by atoms with Crippen LogP contribution in [0.5, 0.6) is 0 Å². The van der Waals surface area contributed by atoms with Crippen LogP contribution < -0.4 is 0 Å². The van der Waals surface area contributed by atoms with Crippen LogP contribution in [0.2, 0.25) is 0 Å². The van der Waals surface area contributed by atoms with Crippen molar-refractivity contribution in [2.75, 3.05) is 26.7 Å². The normalized spacial score (nSPS) is 27.4. The number of carbonyl (C=O) groups is 1. The minimum absolute atomic E-state index is 0.105. The highest BCUT2D eigenvalue weighted by Crippen LogP contribution is 2.28. The first-order chi connectivity index (χ1) is 9.13. The van der Waals surface area contributed by atoms with Gasteiger partial charge in [-0.05, 0) is 44.9 Å². The van der Waals surface area contributed by atoms with Crippen molar-refractivity contribution in [2.45, 2.75) is 25.8 Å². The van der Waals surface area contributed by atoms with E-state index in [2.05, 4.69) is 21.8 Å². The Bertz CT molecular complexity index is 488. The molecule has 102 valence electrons. The standard InChI is InChI=1S/C15H21N3O/c1-11-4-3-5-14(16-11)15(19)18-9-12-6-7-13(18)10-17(2)8-12/h3-5,12-13H,6-10H2,1-2H3/t12-,13+/m0/s1. The number of hydrogen-bond acceptors (Lipinski definition) is 3. The van der Waals surface area contributed by atoms with E-state index >= 15 is 0 Å². The van der Waals surface area contributed by atoms with Crippen LogP contribution in [0.25, 0.3) is 0 Å². The van der Waals surface area contributed by atoms with Crippen molar-refractivity contribution in [1.29, 1.82) is 0 Å². The SMILES string of the molecule is Cc1cccc(C(=O)N2C[C@H]3CC[C@@H]2CN(C)C3)n1. The molecular weight excluding hydrogens is 238 g/mol. The zero-order valence-corrected chi connectivity index (χ0v) is 11.7. The number of fused-ring (bicyclic) bond motifs is 4. The molecule has 4 heterocycles. The number of amides is 1. The lowest BCUT2D eigenvalue weighted by molar-refractivity contribution is 0.0580. The molecule has 0 radical (unpaired) electrons. The first-order valence-electron chi connectivity index (χ1n) is 7.06. The molecule has 3 saturated heterocycles. The number of aryl methyl sites for hydroxylation is 1. The lowest BCUT2D eigenvalue weighted by atomic mass is 9.94. The van der Waals surface area contributed by atoms with Gasteiger partial charge in [0, 0.05) is 31.4 Å². The van der Waals surface area contributed by atoms with Crippen LogP contribution in [0.3, 0.4) is 0 Å². The molecule has 0 aromatic carbocycles. The Balaban J connectivity index is 1.84. The number of nitrogens with zero attached hydrogens (tertiary/aromatic N) is 3. The smallest absolute Gasteiger partial charge is 0.272 e. The van der Waals surface area contributed by atoms with E-state index in [1.165, 1.54) is 6.42 Å². The zero-order chi connectivity index (χ0) is 13.4. The molecule has 4 rings (SSSR count). The van der Waals surface area contributed by atoms with Crippen molar-refractivity contribution in [3.8, 4) is 0 Å². The fraction of sp³-hybridized carbons (Fsp3) is 0.600. The largest absolute Gasteiger partial charge is 0.333 e. The maximum atomic E-state index is 12.6. The van der Waals surface area contributed by atoms with Crippen LogP contribution >= 0.6 is 0 Å². The van der Waals surface area contributed by atoms with Crippen LogP contribution in [0.4, 0.5) is 0 Å². The van der Waals surface area contributed by atoms with E-state index < -0.39 is 0 Å². The van der Waals surface area contributed by atoms with Gasteiger partial charge in [-0.3, -0.25) is 4.79 Å². The van der Waals surface area contributed by atoms with Crippen LogP contribution in [0, 0.1) is 12.8 Å². The molecule has 1 aromatic rings. The maximum absolute atomic E-state index is 12.6. The van der Waals surface area contributed by atoms with Gasteiger partial charge in [0.25, 0.3) is 5.91 Å². The quantitative estimate of drug-likeness (QED) is 0.768. The van der Waals surface area contributed by atoms with E-state index in [9.17, 15) is 4.79 Å². The maximum Gasteiger partial charge on any atom is 0.272 e. The minimum atomic E-state index is 0.105. The van der Waals surface area contributed by atoms with Gasteiger partial charge in [0.05, 0.1) is 0 Å². The number of aromatic nitrogens is 1. The first-order valence-corrected chi connectivity index (χ1v) is 7.06. The van der Waals surface area contributed by atoms with Gasteiger partial charge in [-0.1, -0.05) is 6.07 Å². The highest BCUT2D eigenvalue weighted by molar-refractivity contribution is 5.92. The molecule has 3 aliphatic rings. The average Bonchev–Trinajstić information content (AvgIpc) is 2.66. The van der Waals surface area contributed by atoms with Crippen molar-refractivity contribution < 1.29 is 4.79 Å². The van der Waals surface area contributed by atoms with E-state index in [1.54, 1.807) is 0 Å². The third-order valence-electron chi connectivity index (χ3n) is 4.26. The summed E-state index contributed by atoms with van der Waals surface area (Å²) in [6, 6.07) is 6.03. The van der Waals surface area contributed by atoms with Crippen molar-refractivity contribution >= 4 is 5.91 Å². The van der Waals surface area contributed by atoms with Crippen molar-refractivity contribution in [1.82, 2.24) is 14.8 Å². The number of likely N-dealkylation sites (N-methyl/N-ethyl adjacent to an activating group) is 1. The van der Waals surface area contributed by atoms with Gasteiger partial charge in [0.2, 0.25) is 0 Å². The second-order valence-corrected chi connectivity index (χ2v) is 5.94. The summed E-state index contributed by atoms with van der Waals surface area (Å²) in [5.41, 5.74) is 1.50. The van der Waals surface area contributed by atoms with Gasteiger partial charge in [-0.25, -0.2) is 4.98 Å². The first kappa shape index (κ1) is 12.6. The summed E-state index contributed by atoms with van der Waals surface area (Å²) in [6.45, 7) is 4.93. The highest BCUT2D eigenvalue weighted by Gasteiger charge is 2.36. The summed E-state index contributed by atoms with van der Waals surface area (Å²) in [6.07, 6.45) is 2.38. The van der Waals surface area contributed by atoms with Gasteiger partial charge in [-0.15, -0.1) is 0 Å². The van der Waals surface area contributed by atoms with Crippen LogP contribution in [0.1, 0.15) is 29.0 Å². The summed E-state index contributed by atoms with van der Waals surface area (Å²) in [4.78, 5) is 21.4. The van der Waals surface area contributed by atoms with Crippen LogP contribution in [0.15, 0.2) is 18.2 Å². The molecule has 4 heteroatoms. The summed E-state index contributed by atoms with van der Waals surface area (Å²) < 4.78 is 0. The molecule has 1 amide bonds. The highest BCUT2D eigenvalue weighted by atomic mass is 16.2. The van der Waals surface area contributed by atoms with Crippen molar-refractivity contribution in [3.63, 3.8) is 0 Å². The predicted octanol–water partition coefficient (Wildman–Crippen LogP) is 1.56. The van der Waals surface area contributed by atoms with Gasteiger partial charge in [-0.2, -0.15) is 0 Å². The Morgan fingerprint density at radius 1 is 1.26 bits per heavy atom. The second-order valence-electron chi connectivity index (χ2n) is 5.94. The average molecular weight is 259 g/mol. The summed E-state index contributed by atoms with van der Waals surface area (Å²) >= 11 is 0. The van der Waals surface area contributed by atoms with Gasteiger partial charge < -0.3 is 9.80 Å². The molecule has 2 atom stereocenters. The molecule has 0 aliphatic carbocycles. The molecule has 0 unspecified atom stereocenters. The fourth-order valence-corrected chi connectivity index (χ4v) is 3.37. The molecule has 0 saturated carbocycles. The van der Waals surface area contributed by atoms with E-state index in [0.29, 0.717) is 17.7 Å². The minimum Gasteiger partial charge on any atom is -0.333 e. The molecule has 3 aliphatic heterocycles. The van der Waals surface area contributed by atoms with E-state index in [-0.39, 0.29) is 5.91 Å². The Morgan fingerprint density at radius 3 is 2.89 bits per heavy atom. The third-order valence-corrected chi connectivity index (χ3v) is 4.26. The molecule has 2 bridgehead atoms. The van der Waals surface area contributed by atoms with E-state index in [0.717, 1.165) is 31.7 Å². The van der Waals surface area contributed by atoms with Crippen LogP contribution in [-0.2, 0) is 0 Å². The topological polar surface area (TPSA) is 36.4 Å². The predicted molar refractivity (Wildman–Crippen MR) is 74.0 cm³/mol. The Labute approximate surface area is 114 Å². The molecule has 19 heavy (non-hydrogen) atoms. The fourth-order valence-electron chi connectivity index (χ4n) is 3.37. The van der Waals surface area contributed by atoms with E-state index in [4.69, 9.17) is 0 Å². The molecule has 1 aromatic heterocycles. The zero-order valence-electron chi connectivity index (χ0n) is 11.7. The van der Waals surface area contributed by atoms with Gasteiger partial charge in [0.15, 0.2) is 0 Å². The Hall–Kier alpha value is -1.42. The summed E-state index contributed by atoms with van der Waals surface area (Å²) in [7, 11) is 2.16. The number of hydrogen-bond donors (Lipinski definition) is 0. The van der Waals surface area contributed by atoms with E-state index in [1.807, 2.05) is 25.1 Å².